The molecule has 0 amide bonds. The SMILES string of the molecule is CNC(CCc1ccccc1)CCc1cccc(C)c1. The molecule has 0 aliphatic heterocycles. The minimum atomic E-state index is 0.593. The summed E-state index contributed by atoms with van der Waals surface area (Å²) >= 11 is 0. The first-order valence-electron chi connectivity index (χ1n) is 7.54. The minimum absolute atomic E-state index is 0.593. The average Bonchev–Trinajstić information content (AvgIpc) is 2.48. The predicted molar refractivity (Wildman–Crippen MR) is 87.1 cm³/mol. The lowest BCUT2D eigenvalue weighted by Gasteiger charge is -2.16. The van der Waals surface area contributed by atoms with Gasteiger partial charge < -0.3 is 5.32 Å². The van der Waals surface area contributed by atoms with E-state index in [2.05, 4.69) is 73.9 Å². The van der Waals surface area contributed by atoms with Gasteiger partial charge in [-0.1, -0.05) is 60.2 Å². The van der Waals surface area contributed by atoms with Crippen LogP contribution in [0.15, 0.2) is 54.6 Å². The Bertz CT molecular complexity index is 504. The monoisotopic (exact) mass is 267 g/mol. The summed E-state index contributed by atoms with van der Waals surface area (Å²) in [5.74, 6) is 0. The Morgan fingerprint density at radius 2 is 1.50 bits per heavy atom. The van der Waals surface area contributed by atoms with Crippen molar-refractivity contribution >= 4 is 0 Å². The van der Waals surface area contributed by atoms with Crippen LogP contribution in [-0.2, 0) is 12.8 Å². The van der Waals surface area contributed by atoms with Crippen LogP contribution in [0.1, 0.15) is 29.5 Å². The molecule has 0 radical (unpaired) electrons. The number of nitrogens with one attached hydrogen (secondary N) is 1. The molecule has 0 saturated carbocycles. The van der Waals surface area contributed by atoms with Crippen LogP contribution in [0.5, 0.6) is 0 Å². The van der Waals surface area contributed by atoms with E-state index in [1.807, 2.05) is 0 Å². The first-order chi connectivity index (χ1) is 9.78. The van der Waals surface area contributed by atoms with Gasteiger partial charge in [0.15, 0.2) is 0 Å². The van der Waals surface area contributed by atoms with Gasteiger partial charge in [-0.2, -0.15) is 0 Å². The van der Waals surface area contributed by atoms with Crippen molar-refractivity contribution in [2.24, 2.45) is 0 Å². The van der Waals surface area contributed by atoms with Gasteiger partial charge in [0.1, 0.15) is 0 Å². The van der Waals surface area contributed by atoms with Gasteiger partial charge in [0.2, 0.25) is 0 Å². The molecule has 0 spiro atoms. The van der Waals surface area contributed by atoms with Crippen LogP contribution in [0, 0.1) is 6.92 Å². The van der Waals surface area contributed by atoms with Crippen molar-refractivity contribution in [2.45, 2.75) is 38.6 Å². The smallest absolute Gasteiger partial charge is 0.00703 e. The molecular weight excluding hydrogens is 242 g/mol. The number of aryl methyl sites for hydroxylation is 3. The summed E-state index contributed by atoms with van der Waals surface area (Å²) in [5, 5.41) is 3.46. The normalized spacial score (nSPS) is 12.3. The first-order valence-corrected chi connectivity index (χ1v) is 7.54. The van der Waals surface area contributed by atoms with Crippen LogP contribution < -0.4 is 5.32 Å². The van der Waals surface area contributed by atoms with Crippen LogP contribution in [0.2, 0.25) is 0 Å². The highest BCUT2D eigenvalue weighted by atomic mass is 14.9. The Kier molecular flexibility index (Phi) is 5.82. The second-order valence-electron chi connectivity index (χ2n) is 5.54. The van der Waals surface area contributed by atoms with Gasteiger partial charge in [0.25, 0.3) is 0 Å². The topological polar surface area (TPSA) is 12.0 Å². The van der Waals surface area contributed by atoms with Crippen LogP contribution in [0.3, 0.4) is 0 Å². The molecule has 0 aliphatic rings. The van der Waals surface area contributed by atoms with Crippen LogP contribution in [-0.4, -0.2) is 13.1 Å². The molecule has 20 heavy (non-hydrogen) atoms. The molecule has 2 aromatic carbocycles. The van der Waals surface area contributed by atoms with E-state index >= 15 is 0 Å². The molecule has 0 aliphatic carbocycles. The quantitative estimate of drug-likeness (QED) is 0.794. The number of hydrogen-bond acceptors (Lipinski definition) is 1. The van der Waals surface area contributed by atoms with Gasteiger partial charge >= 0.3 is 0 Å². The minimum Gasteiger partial charge on any atom is -0.317 e. The molecule has 0 bridgehead atoms. The molecule has 0 fully saturated rings. The Hall–Kier alpha value is -1.60. The van der Waals surface area contributed by atoms with Crippen LogP contribution in [0.25, 0.3) is 0 Å². The van der Waals surface area contributed by atoms with Crippen molar-refractivity contribution in [2.75, 3.05) is 7.05 Å². The molecule has 106 valence electrons. The standard InChI is InChI=1S/C19H25N/c1-16-7-6-10-18(15-16)12-14-19(20-2)13-11-17-8-4-3-5-9-17/h3-10,15,19-20H,11-14H2,1-2H3. The fourth-order valence-corrected chi connectivity index (χ4v) is 2.63. The number of rotatable bonds is 7. The lowest BCUT2D eigenvalue weighted by atomic mass is 9.98. The zero-order chi connectivity index (χ0) is 14.2. The maximum Gasteiger partial charge on any atom is 0.00703 e. The molecule has 0 aromatic heterocycles. The van der Waals surface area contributed by atoms with Crippen LogP contribution >= 0.6 is 0 Å². The molecule has 1 heteroatoms. The fourth-order valence-electron chi connectivity index (χ4n) is 2.63. The van der Waals surface area contributed by atoms with E-state index in [4.69, 9.17) is 0 Å². The van der Waals surface area contributed by atoms with Crippen molar-refractivity contribution in [1.82, 2.24) is 5.32 Å². The molecule has 1 N–H and O–H groups in total. The molecule has 0 saturated heterocycles. The first kappa shape index (κ1) is 14.8. The second-order valence-corrected chi connectivity index (χ2v) is 5.54. The largest absolute Gasteiger partial charge is 0.317 e. The van der Waals surface area contributed by atoms with Gasteiger partial charge in [0, 0.05) is 6.04 Å². The van der Waals surface area contributed by atoms with E-state index in [0.29, 0.717) is 6.04 Å². The number of benzene rings is 2. The third-order valence-electron chi connectivity index (χ3n) is 3.90. The third-order valence-corrected chi connectivity index (χ3v) is 3.90. The van der Waals surface area contributed by atoms with Crippen molar-refractivity contribution < 1.29 is 0 Å². The molecule has 1 atom stereocenters. The highest BCUT2D eigenvalue weighted by Crippen LogP contribution is 2.12. The number of hydrogen-bond donors (Lipinski definition) is 1. The Morgan fingerprint density at radius 3 is 2.15 bits per heavy atom. The van der Waals surface area contributed by atoms with Gasteiger partial charge in [-0.05, 0) is 50.8 Å². The van der Waals surface area contributed by atoms with Gasteiger partial charge in [-0.25, -0.2) is 0 Å². The molecule has 2 aromatic rings. The summed E-state index contributed by atoms with van der Waals surface area (Å²) in [5.41, 5.74) is 4.24. The fraction of sp³-hybridized carbons (Fsp3) is 0.368. The molecular formula is C19H25N. The van der Waals surface area contributed by atoms with Gasteiger partial charge in [-0.15, -0.1) is 0 Å². The Morgan fingerprint density at radius 1 is 0.850 bits per heavy atom. The molecule has 1 unspecified atom stereocenters. The lowest BCUT2D eigenvalue weighted by Crippen LogP contribution is -2.26. The third kappa shape index (κ3) is 4.82. The van der Waals surface area contributed by atoms with E-state index in [-0.39, 0.29) is 0 Å². The average molecular weight is 267 g/mol. The van der Waals surface area contributed by atoms with Crippen molar-refractivity contribution in [3.63, 3.8) is 0 Å². The summed E-state index contributed by atoms with van der Waals surface area (Å²) in [7, 11) is 2.08. The van der Waals surface area contributed by atoms with E-state index in [9.17, 15) is 0 Å². The maximum atomic E-state index is 3.46. The molecule has 0 heterocycles. The second kappa shape index (κ2) is 7.86. The zero-order valence-electron chi connectivity index (χ0n) is 12.6. The van der Waals surface area contributed by atoms with E-state index in [1.165, 1.54) is 29.5 Å². The van der Waals surface area contributed by atoms with E-state index in [0.717, 1.165) is 12.8 Å². The van der Waals surface area contributed by atoms with Crippen molar-refractivity contribution in [3.8, 4) is 0 Å². The maximum absolute atomic E-state index is 3.46. The predicted octanol–water partition coefficient (Wildman–Crippen LogP) is 4.15. The van der Waals surface area contributed by atoms with Crippen molar-refractivity contribution in [3.05, 3.63) is 71.3 Å². The zero-order valence-corrected chi connectivity index (χ0v) is 12.6. The van der Waals surface area contributed by atoms with Crippen molar-refractivity contribution in [1.29, 1.82) is 0 Å². The van der Waals surface area contributed by atoms with E-state index < -0.39 is 0 Å². The summed E-state index contributed by atoms with van der Waals surface area (Å²) in [6.07, 6.45) is 4.71. The summed E-state index contributed by atoms with van der Waals surface area (Å²) < 4.78 is 0. The lowest BCUT2D eigenvalue weighted by molar-refractivity contribution is 0.489. The van der Waals surface area contributed by atoms with Gasteiger partial charge in [0.05, 0.1) is 0 Å². The Balaban J connectivity index is 1.80. The van der Waals surface area contributed by atoms with Gasteiger partial charge in [-0.3, -0.25) is 0 Å². The molecule has 1 nitrogen and oxygen atoms in total. The summed E-state index contributed by atoms with van der Waals surface area (Å²) in [6.45, 7) is 2.16. The Labute approximate surface area is 123 Å². The molecule has 2 rings (SSSR count). The summed E-state index contributed by atoms with van der Waals surface area (Å²) in [6, 6.07) is 20.2. The van der Waals surface area contributed by atoms with Crippen LogP contribution in [0.4, 0.5) is 0 Å². The van der Waals surface area contributed by atoms with E-state index in [1.54, 1.807) is 0 Å². The summed E-state index contributed by atoms with van der Waals surface area (Å²) in [4.78, 5) is 0. The highest BCUT2D eigenvalue weighted by molar-refractivity contribution is 5.22. The highest BCUT2D eigenvalue weighted by Gasteiger charge is 2.07.